The van der Waals surface area contributed by atoms with E-state index >= 15 is 0 Å². The first-order chi connectivity index (χ1) is 7.86. The van der Waals surface area contributed by atoms with Gasteiger partial charge in [0.1, 0.15) is 12.2 Å². The van der Waals surface area contributed by atoms with Crippen LogP contribution in [0, 0.1) is 0 Å². The molecule has 0 unspecified atom stereocenters. The van der Waals surface area contributed by atoms with Gasteiger partial charge in [-0.1, -0.05) is 0 Å². The first kappa shape index (κ1) is 10.8. The van der Waals surface area contributed by atoms with E-state index in [1.165, 1.54) is 17.7 Å². The third kappa shape index (κ3) is 2.90. The first-order valence-corrected chi connectivity index (χ1v) is 5.95. The number of aryl methyl sites for hydroxylation is 1. The molecule has 0 saturated carbocycles. The van der Waals surface area contributed by atoms with Gasteiger partial charge in [0.15, 0.2) is 0 Å². The van der Waals surface area contributed by atoms with E-state index in [1.54, 1.807) is 0 Å². The van der Waals surface area contributed by atoms with Crippen LogP contribution in [0.25, 0.3) is 0 Å². The number of thiophene rings is 1. The Morgan fingerprint density at radius 2 is 2.50 bits per heavy atom. The van der Waals surface area contributed by atoms with Gasteiger partial charge >= 0.3 is 0 Å². The number of hydrogen-bond acceptors (Lipinski definition) is 4. The van der Waals surface area contributed by atoms with Crippen LogP contribution in [0.2, 0.25) is 0 Å². The summed E-state index contributed by atoms with van der Waals surface area (Å²) in [6.45, 7) is 0.648. The number of amides is 1. The lowest BCUT2D eigenvalue weighted by Crippen LogP contribution is -2.24. The highest BCUT2D eigenvalue weighted by Gasteiger charge is 2.04. The summed E-state index contributed by atoms with van der Waals surface area (Å²) in [5.41, 5.74) is 0.727. The van der Waals surface area contributed by atoms with E-state index in [2.05, 4.69) is 20.5 Å². The Morgan fingerprint density at radius 3 is 3.19 bits per heavy atom. The first-order valence-electron chi connectivity index (χ1n) is 5.01. The van der Waals surface area contributed by atoms with Crippen LogP contribution in [-0.2, 0) is 6.42 Å². The molecule has 0 spiro atoms. The lowest BCUT2D eigenvalue weighted by molar-refractivity contribution is 0.0953. The van der Waals surface area contributed by atoms with E-state index in [4.69, 9.17) is 0 Å². The van der Waals surface area contributed by atoms with Crippen molar-refractivity contribution in [1.82, 2.24) is 20.5 Å². The Balaban J connectivity index is 1.67. The highest BCUT2D eigenvalue weighted by Crippen LogP contribution is 2.05. The Morgan fingerprint density at radius 1 is 1.56 bits per heavy atom. The molecule has 0 aliphatic heterocycles. The van der Waals surface area contributed by atoms with Gasteiger partial charge in [0, 0.05) is 23.9 Å². The van der Waals surface area contributed by atoms with Crippen LogP contribution in [0.1, 0.15) is 22.6 Å². The van der Waals surface area contributed by atoms with E-state index in [9.17, 15) is 4.79 Å². The van der Waals surface area contributed by atoms with Crippen molar-refractivity contribution in [3.05, 3.63) is 34.5 Å². The Labute approximate surface area is 96.9 Å². The van der Waals surface area contributed by atoms with Gasteiger partial charge in [0.05, 0.1) is 0 Å². The van der Waals surface area contributed by atoms with Crippen molar-refractivity contribution in [2.24, 2.45) is 0 Å². The summed E-state index contributed by atoms with van der Waals surface area (Å²) < 4.78 is 0. The Hall–Kier alpha value is -1.69. The number of carbonyl (C=O) groups is 1. The minimum Gasteiger partial charge on any atom is -0.352 e. The van der Waals surface area contributed by atoms with Gasteiger partial charge in [-0.05, 0) is 17.9 Å². The quantitative estimate of drug-likeness (QED) is 0.767. The van der Waals surface area contributed by atoms with Gasteiger partial charge in [-0.15, -0.1) is 0 Å². The average molecular weight is 236 g/mol. The van der Waals surface area contributed by atoms with Crippen LogP contribution in [0.5, 0.6) is 0 Å². The topological polar surface area (TPSA) is 70.7 Å². The van der Waals surface area contributed by atoms with Crippen LogP contribution < -0.4 is 5.32 Å². The molecule has 5 nitrogen and oxygen atoms in total. The van der Waals surface area contributed by atoms with Crippen LogP contribution in [0.4, 0.5) is 0 Å². The molecular weight excluding hydrogens is 224 g/mol. The van der Waals surface area contributed by atoms with Crippen LogP contribution in [0.15, 0.2) is 23.2 Å². The van der Waals surface area contributed by atoms with E-state index in [1.807, 2.05) is 16.8 Å². The molecule has 2 aromatic heterocycles. The molecule has 2 N–H and O–H groups in total. The normalized spacial score (nSPS) is 10.2. The molecule has 0 radical (unpaired) electrons. The maximum Gasteiger partial charge on any atom is 0.252 e. The van der Waals surface area contributed by atoms with E-state index in [0.717, 1.165) is 24.2 Å². The van der Waals surface area contributed by atoms with E-state index in [0.29, 0.717) is 6.54 Å². The Kier molecular flexibility index (Phi) is 3.66. The zero-order valence-electron chi connectivity index (χ0n) is 8.64. The SMILES string of the molecule is O=C(NCCCc1ncn[nH]1)c1ccsc1. The monoisotopic (exact) mass is 236 g/mol. The summed E-state index contributed by atoms with van der Waals surface area (Å²) in [5.74, 6) is 0.837. The lowest BCUT2D eigenvalue weighted by atomic mass is 10.3. The van der Waals surface area contributed by atoms with Gasteiger partial charge in [-0.25, -0.2) is 4.98 Å². The fourth-order valence-corrected chi connectivity index (χ4v) is 1.94. The summed E-state index contributed by atoms with van der Waals surface area (Å²) in [6, 6.07) is 1.82. The second kappa shape index (κ2) is 5.41. The van der Waals surface area contributed by atoms with Gasteiger partial charge in [-0.2, -0.15) is 16.4 Å². The number of H-pyrrole nitrogens is 1. The van der Waals surface area contributed by atoms with Gasteiger partial charge < -0.3 is 5.32 Å². The largest absolute Gasteiger partial charge is 0.352 e. The molecule has 0 aliphatic carbocycles. The molecule has 0 atom stereocenters. The minimum absolute atomic E-state index is 0.0150. The third-order valence-electron chi connectivity index (χ3n) is 2.12. The average Bonchev–Trinajstić information content (AvgIpc) is 2.96. The highest BCUT2D eigenvalue weighted by atomic mass is 32.1. The maximum absolute atomic E-state index is 11.5. The fourth-order valence-electron chi connectivity index (χ4n) is 1.30. The minimum atomic E-state index is -0.0150. The maximum atomic E-state index is 11.5. The molecule has 2 rings (SSSR count). The second-order valence-corrected chi connectivity index (χ2v) is 4.08. The molecule has 1 amide bonds. The van der Waals surface area contributed by atoms with Crippen molar-refractivity contribution >= 4 is 17.2 Å². The second-order valence-electron chi connectivity index (χ2n) is 3.30. The van der Waals surface area contributed by atoms with Gasteiger partial charge in [-0.3, -0.25) is 9.89 Å². The molecule has 84 valence electrons. The van der Waals surface area contributed by atoms with Gasteiger partial charge in [0.2, 0.25) is 0 Å². The van der Waals surface area contributed by atoms with Crippen molar-refractivity contribution in [2.45, 2.75) is 12.8 Å². The molecule has 2 aromatic rings. The number of nitrogens with zero attached hydrogens (tertiary/aromatic N) is 2. The molecular formula is C10H12N4OS. The molecule has 0 aromatic carbocycles. The zero-order chi connectivity index (χ0) is 11.2. The number of carbonyl (C=O) groups excluding carboxylic acids is 1. The van der Waals surface area contributed by atoms with Crippen molar-refractivity contribution in [2.75, 3.05) is 6.54 Å². The van der Waals surface area contributed by atoms with Crippen molar-refractivity contribution in [1.29, 1.82) is 0 Å². The number of nitrogens with one attached hydrogen (secondary N) is 2. The fraction of sp³-hybridized carbons (Fsp3) is 0.300. The van der Waals surface area contributed by atoms with Crippen LogP contribution in [0.3, 0.4) is 0 Å². The summed E-state index contributed by atoms with van der Waals surface area (Å²) in [7, 11) is 0. The van der Waals surface area contributed by atoms with Crippen molar-refractivity contribution < 1.29 is 4.79 Å². The third-order valence-corrected chi connectivity index (χ3v) is 2.81. The summed E-state index contributed by atoms with van der Waals surface area (Å²) in [4.78, 5) is 15.5. The van der Waals surface area contributed by atoms with Crippen molar-refractivity contribution in [3.8, 4) is 0 Å². The smallest absolute Gasteiger partial charge is 0.252 e. The molecule has 0 fully saturated rings. The summed E-state index contributed by atoms with van der Waals surface area (Å²) in [6.07, 6.45) is 3.13. The molecule has 0 aliphatic rings. The number of hydrogen-bond donors (Lipinski definition) is 2. The molecule has 2 heterocycles. The summed E-state index contributed by atoms with van der Waals surface area (Å²) >= 11 is 1.52. The molecule has 0 bridgehead atoms. The van der Waals surface area contributed by atoms with E-state index < -0.39 is 0 Å². The summed E-state index contributed by atoms with van der Waals surface area (Å²) in [5, 5.41) is 13.1. The lowest BCUT2D eigenvalue weighted by Gasteiger charge is -2.02. The highest BCUT2D eigenvalue weighted by molar-refractivity contribution is 7.08. The number of aromatic nitrogens is 3. The van der Waals surface area contributed by atoms with Crippen LogP contribution in [-0.4, -0.2) is 27.6 Å². The standard InChI is InChI=1S/C10H12N4OS/c15-10(8-3-5-16-6-8)11-4-1-2-9-12-7-13-14-9/h3,5-7H,1-2,4H2,(H,11,15)(H,12,13,14). The zero-order valence-corrected chi connectivity index (χ0v) is 9.46. The predicted molar refractivity (Wildman–Crippen MR) is 61.4 cm³/mol. The van der Waals surface area contributed by atoms with Gasteiger partial charge in [0.25, 0.3) is 5.91 Å². The Bertz CT molecular complexity index is 424. The van der Waals surface area contributed by atoms with Crippen LogP contribution >= 0.6 is 11.3 Å². The molecule has 6 heteroatoms. The van der Waals surface area contributed by atoms with E-state index in [-0.39, 0.29) is 5.91 Å². The molecule has 16 heavy (non-hydrogen) atoms. The number of rotatable bonds is 5. The molecule has 0 saturated heterocycles. The number of aromatic amines is 1. The predicted octanol–water partition coefficient (Wildman–Crippen LogP) is 1.23. The van der Waals surface area contributed by atoms with Crippen molar-refractivity contribution in [3.63, 3.8) is 0 Å².